The summed E-state index contributed by atoms with van der Waals surface area (Å²) in [5, 5.41) is 10.2. The summed E-state index contributed by atoms with van der Waals surface area (Å²) in [5.41, 5.74) is 2.25. The summed E-state index contributed by atoms with van der Waals surface area (Å²) >= 11 is 2.99. The molecule has 5 aliphatic rings. The van der Waals surface area contributed by atoms with Crippen LogP contribution in [-0.4, -0.2) is 99.2 Å². The Hall–Kier alpha value is -4.37. The number of rotatable bonds is 10. The van der Waals surface area contributed by atoms with Crippen molar-refractivity contribution in [3.8, 4) is 22.2 Å². The van der Waals surface area contributed by atoms with Crippen molar-refractivity contribution in [1.82, 2.24) is 35.1 Å². The molecule has 2 aliphatic heterocycles. The lowest BCUT2D eigenvalue weighted by Crippen LogP contribution is -2.58. The molecule has 1 saturated heterocycles. The number of aromatic nitrogens is 2. The van der Waals surface area contributed by atoms with Crippen molar-refractivity contribution in [3.63, 3.8) is 0 Å². The zero-order valence-corrected chi connectivity index (χ0v) is 35.7. The van der Waals surface area contributed by atoms with Gasteiger partial charge < -0.3 is 29.9 Å². The number of aryl methyl sites for hydroxylation is 1. The number of carbonyl (C=O) groups is 4. The van der Waals surface area contributed by atoms with Gasteiger partial charge in [-0.1, -0.05) is 25.0 Å². The van der Waals surface area contributed by atoms with E-state index in [-0.39, 0.29) is 42.8 Å². The van der Waals surface area contributed by atoms with Gasteiger partial charge in [0.05, 0.1) is 24.9 Å². The summed E-state index contributed by atoms with van der Waals surface area (Å²) in [6, 6.07) is 3.52. The predicted molar refractivity (Wildman–Crippen MR) is 226 cm³/mol. The molecule has 13 nitrogen and oxygen atoms in total. The highest BCUT2D eigenvalue weighted by Crippen LogP contribution is 2.47. The molecular formula is C43H55N7O6S2. The number of methoxy groups -OCH3 is 1. The van der Waals surface area contributed by atoms with Crippen LogP contribution in [0.3, 0.4) is 0 Å². The Labute approximate surface area is 348 Å². The molecule has 0 bridgehead atoms. The fourth-order valence-electron chi connectivity index (χ4n) is 8.02. The second-order valence-electron chi connectivity index (χ2n) is 16.9. The average molecular weight is 830 g/mol. The smallest absolute Gasteiger partial charge is 0.318 e. The van der Waals surface area contributed by atoms with E-state index < -0.39 is 29.6 Å². The maximum Gasteiger partial charge on any atom is 0.318 e. The zero-order valence-electron chi connectivity index (χ0n) is 34.0. The Balaban J connectivity index is 1.13. The molecule has 4 fully saturated rings. The van der Waals surface area contributed by atoms with Crippen LogP contribution in [0.4, 0.5) is 4.79 Å². The summed E-state index contributed by atoms with van der Waals surface area (Å²) in [6.07, 6.45) is 12.4. The first-order valence-corrected chi connectivity index (χ1v) is 22.6. The van der Waals surface area contributed by atoms with Crippen LogP contribution in [-0.2, 0) is 14.4 Å². The van der Waals surface area contributed by atoms with Crippen molar-refractivity contribution in [3.05, 3.63) is 47.0 Å². The number of nitrogens with one attached hydrogen (secondary N) is 3. The number of ether oxygens (including phenoxy) is 2. The molecule has 0 radical (unpaired) electrons. The second kappa shape index (κ2) is 16.7. The molecule has 310 valence electrons. The number of nitrogens with zero attached hydrogens (tertiary/aromatic N) is 4. The lowest BCUT2D eigenvalue weighted by atomic mass is 10.0. The van der Waals surface area contributed by atoms with E-state index in [0.717, 1.165) is 78.5 Å². The van der Waals surface area contributed by atoms with Gasteiger partial charge in [0, 0.05) is 59.0 Å². The quantitative estimate of drug-likeness (QED) is 0.151. The molecule has 5 amide bonds. The van der Waals surface area contributed by atoms with Crippen molar-refractivity contribution in [2.24, 2.45) is 5.92 Å². The summed E-state index contributed by atoms with van der Waals surface area (Å²) in [4.78, 5) is 69.8. The van der Waals surface area contributed by atoms with E-state index in [9.17, 15) is 19.2 Å². The highest BCUT2D eigenvalue weighted by molar-refractivity contribution is 7.98. The van der Waals surface area contributed by atoms with Crippen LogP contribution in [0.1, 0.15) is 102 Å². The summed E-state index contributed by atoms with van der Waals surface area (Å²) < 4.78 is 15.6. The third-order valence-corrected chi connectivity index (χ3v) is 14.3. The van der Waals surface area contributed by atoms with Gasteiger partial charge in [-0.3, -0.25) is 19.1 Å². The molecule has 8 rings (SSSR count). The van der Waals surface area contributed by atoms with E-state index >= 15 is 0 Å². The van der Waals surface area contributed by atoms with Gasteiger partial charge in [-0.05, 0) is 96.2 Å². The van der Waals surface area contributed by atoms with Gasteiger partial charge in [0.1, 0.15) is 45.9 Å². The molecular weight excluding hydrogens is 775 g/mol. The standard InChI is InChI=1S/C43H55N7O6S2/c1-24(2)49(4)42(54)46-31-12-10-8-6-7-9-11-27-21-43(27,41(53)48-58-29-15-16-29)47-38(51)34-19-28(22-50(34)40(31)52)56-36-20-32(39-45-33(23-57-39)26-13-14-26)44-37-25(3)35(55-5)18-17-30(36)37/h9,11,17-18,20,23-24,26-29,31,34H,6-8,10,12-16,19,21-22H2,1-5H3,(H,46,54)(H,47,51)(H,48,53). The van der Waals surface area contributed by atoms with Crippen molar-refractivity contribution in [2.45, 2.75) is 132 Å². The first-order valence-electron chi connectivity index (χ1n) is 20.8. The number of amides is 5. The third kappa shape index (κ3) is 8.52. The summed E-state index contributed by atoms with van der Waals surface area (Å²) in [5.74, 6) is 0.667. The van der Waals surface area contributed by atoms with Gasteiger partial charge >= 0.3 is 6.03 Å². The van der Waals surface area contributed by atoms with E-state index in [0.29, 0.717) is 41.2 Å². The first kappa shape index (κ1) is 40.4. The lowest BCUT2D eigenvalue weighted by Gasteiger charge is -2.31. The van der Waals surface area contributed by atoms with E-state index in [1.54, 1.807) is 35.3 Å². The maximum atomic E-state index is 14.8. The van der Waals surface area contributed by atoms with Crippen LogP contribution < -0.4 is 24.8 Å². The van der Waals surface area contributed by atoms with Crippen molar-refractivity contribution < 1.29 is 28.7 Å². The molecule has 3 N–H and O–H groups in total. The highest BCUT2D eigenvalue weighted by Gasteiger charge is 2.61. The van der Waals surface area contributed by atoms with E-state index in [1.807, 2.05) is 39.0 Å². The molecule has 3 aliphatic carbocycles. The summed E-state index contributed by atoms with van der Waals surface area (Å²) in [7, 11) is 3.34. The van der Waals surface area contributed by atoms with Crippen LogP contribution >= 0.6 is 23.3 Å². The number of pyridine rings is 1. The Morgan fingerprint density at radius 2 is 1.90 bits per heavy atom. The number of thiazole rings is 1. The second-order valence-corrected chi connectivity index (χ2v) is 18.9. The molecule has 15 heteroatoms. The predicted octanol–water partition coefficient (Wildman–Crippen LogP) is 6.64. The molecule has 4 heterocycles. The van der Waals surface area contributed by atoms with E-state index in [2.05, 4.69) is 32.9 Å². The number of benzene rings is 1. The molecule has 3 saturated carbocycles. The molecule has 58 heavy (non-hydrogen) atoms. The zero-order chi connectivity index (χ0) is 40.7. The van der Waals surface area contributed by atoms with Gasteiger partial charge in [-0.2, -0.15) is 0 Å². The van der Waals surface area contributed by atoms with Crippen LogP contribution in [0, 0.1) is 12.8 Å². The average Bonchev–Trinajstić information content (AvgIpc) is 4.18. The highest BCUT2D eigenvalue weighted by atomic mass is 32.2. The van der Waals surface area contributed by atoms with Crippen LogP contribution in [0.25, 0.3) is 21.6 Å². The van der Waals surface area contributed by atoms with E-state index in [4.69, 9.17) is 19.4 Å². The van der Waals surface area contributed by atoms with Gasteiger partial charge in [-0.15, -0.1) is 11.3 Å². The Morgan fingerprint density at radius 1 is 1.09 bits per heavy atom. The van der Waals surface area contributed by atoms with E-state index in [1.165, 1.54) is 11.9 Å². The van der Waals surface area contributed by atoms with Gasteiger partial charge in [0.2, 0.25) is 11.8 Å². The minimum absolute atomic E-state index is 0.0764. The Kier molecular flexibility index (Phi) is 11.6. The van der Waals surface area contributed by atoms with Crippen molar-refractivity contribution >= 4 is 57.9 Å². The molecule has 5 atom stereocenters. The van der Waals surface area contributed by atoms with Crippen molar-refractivity contribution in [2.75, 3.05) is 20.7 Å². The number of hydrogen-bond acceptors (Lipinski definition) is 10. The Morgan fingerprint density at radius 3 is 2.64 bits per heavy atom. The molecule has 1 aromatic carbocycles. The van der Waals surface area contributed by atoms with Gasteiger partial charge in [-0.25, -0.2) is 14.8 Å². The molecule has 5 unspecified atom stereocenters. The Bertz CT molecular complexity index is 2100. The monoisotopic (exact) mass is 829 g/mol. The fraction of sp³-hybridized carbons (Fsp3) is 0.581. The SMILES string of the molecule is COc1ccc2c(OC3CC4C(=O)NC5(C(=O)NSC6CC6)CC5C=CCCCCCC(NC(=O)N(C)C(C)C)C(=O)N4C3)cc(-c3nc(C4CC4)cs3)nc2c1C. The fourth-order valence-corrected chi connectivity index (χ4v) is 9.71. The minimum Gasteiger partial charge on any atom is -0.496 e. The third-order valence-electron chi connectivity index (χ3n) is 12.3. The summed E-state index contributed by atoms with van der Waals surface area (Å²) in [6.45, 7) is 5.91. The largest absolute Gasteiger partial charge is 0.496 e. The lowest BCUT2D eigenvalue weighted by molar-refractivity contribution is -0.141. The number of allylic oxidation sites excluding steroid dienone is 1. The molecule has 2 aromatic heterocycles. The molecule has 3 aromatic rings. The minimum atomic E-state index is -1.10. The first-order chi connectivity index (χ1) is 27.9. The van der Waals surface area contributed by atoms with Gasteiger partial charge in [0.15, 0.2) is 0 Å². The van der Waals surface area contributed by atoms with Crippen molar-refractivity contribution in [1.29, 1.82) is 0 Å². The molecule has 0 spiro atoms. The van der Waals surface area contributed by atoms with Crippen LogP contribution in [0.2, 0.25) is 0 Å². The topological polar surface area (TPSA) is 155 Å². The van der Waals surface area contributed by atoms with Crippen LogP contribution in [0.5, 0.6) is 11.5 Å². The number of carbonyl (C=O) groups excluding carboxylic acids is 4. The maximum absolute atomic E-state index is 14.8. The number of hydrogen-bond donors (Lipinski definition) is 3. The number of fused-ring (bicyclic) bond motifs is 3. The van der Waals surface area contributed by atoms with Gasteiger partial charge in [0.25, 0.3) is 5.91 Å². The number of urea groups is 1. The van der Waals surface area contributed by atoms with Crippen LogP contribution in [0.15, 0.2) is 35.7 Å². The normalized spacial score (nSPS) is 26.3.